The van der Waals surface area contributed by atoms with E-state index < -0.39 is 17.3 Å². The van der Waals surface area contributed by atoms with Gasteiger partial charge >= 0.3 is 5.97 Å². The minimum absolute atomic E-state index is 0.170. The second-order valence-corrected chi connectivity index (χ2v) is 5.66. The Balaban J connectivity index is 2.64. The Morgan fingerprint density at radius 2 is 1.75 bits per heavy atom. The fourth-order valence-corrected chi connectivity index (χ4v) is 2.07. The highest BCUT2D eigenvalue weighted by Crippen LogP contribution is 2.31. The lowest BCUT2D eigenvalue weighted by Gasteiger charge is -2.35. The second kappa shape index (κ2) is 4.72. The highest BCUT2D eigenvalue weighted by molar-refractivity contribution is 5.79. The lowest BCUT2D eigenvalue weighted by Crippen LogP contribution is -2.56. The van der Waals surface area contributed by atoms with E-state index in [0.29, 0.717) is 0 Å². The van der Waals surface area contributed by atoms with Gasteiger partial charge < -0.3 is 9.84 Å². The summed E-state index contributed by atoms with van der Waals surface area (Å²) in [6.45, 7) is 5.30. The average molecular weight is 229 g/mol. The lowest BCUT2D eigenvalue weighted by atomic mass is 9.82. The van der Waals surface area contributed by atoms with E-state index in [1.165, 1.54) is 0 Å². The van der Waals surface area contributed by atoms with Crippen LogP contribution in [0.25, 0.3) is 0 Å². The van der Waals surface area contributed by atoms with Gasteiger partial charge in [-0.1, -0.05) is 19.3 Å². The molecule has 1 atom stereocenters. The molecule has 1 rings (SSSR count). The summed E-state index contributed by atoms with van der Waals surface area (Å²) in [5.41, 5.74) is 3.29. The Bertz CT molecular complexity index is 249. The first-order valence-electron chi connectivity index (χ1n) is 5.98. The van der Waals surface area contributed by atoms with Gasteiger partial charge in [0.1, 0.15) is 5.60 Å². The molecule has 0 aromatic rings. The molecule has 4 heteroatoms. The van der Waals surface area contributed by atoms with Gasteiger partial charge in [0.2, 0.25) is 5.72 Å². The number of ether oxygens (including phenoxy) is 1. The highest BCUT2D eigenvalue weighted by atomic mass is 16.6. The molecule has 1 saturated carbocycles. The maximum Gasteiger partial charge on any atom is 0.354 e. The third-order valence-corrected chi connectivity index (χ3v) is 2.95. The van der Waals surface area contributed by atoms with E-state index in [4.69, 9.17) is 10.5 Å². The molecule has 0 heterocycles. The number of hydrogen-bond acceptors (Lipinski definition) is 4. The molecule has 94 valence electrons. The molecule has 1 unspecified atom stereocenters. The molecule has 0 aromatic heterocycles. The fourth-order valence-electron chi connectivity index (χ4n) is 2.07. The predicted octanol–water partition coefficient (Wildman–Crippen LogP) is 1.56. The van der Waals surface area contributed by atoms with E-state index in [-0.39, 0.29) is 5.92 Å². The van der Waals surface area contributed by atoms with Crippen LogP contribution in [0.4, 0.5) is 0 Å². The van der Waals surface area contributed by atoms with Crippen molar-refractivity contribution in [1.82, 2.24) is 0 Å². The SMILES string of the molecule is CC(C)(C)OC(=O)C(N)(O)C1CCCCC1. The van der Waals surface area contributed by atoms with Gasteiger partial charge in [0.05, 0.1) is 0 Å². The van der Waals surface area contributed by atoms with Crippen molar-refractivity contribution in [3.63, 3.8) is 0 Å². The van der Waals surface area contributed by atoms with Crippen molar-refractivity contribution < 1.29 is 14.6 Å². The molecule has 0 saturated heterocycles. The molecule has 16 heavy (non-hydrogen) atoms. The Morgan fingerprint density at radius 1 is 1.25 bits per heavy atom. The Morgan fingerprint density at radius 3 is 2.19 bits per heavy atom. The van der Waals surface area contributed by atoms with Crippen LogP contribution < -0.4 is 5.73 Å². The van der Waals surface area contributed by atoms with Gasteiger partial charge in [-0.3, -0.25) is 5.73 Å². The fraction of sp³-hybridized carbons (Fsp3) is 0.917. The first-order valence-corrected chi connectivity index (χ1v) is 5.98. The molecule has 0 spiro atoms. The number of nitrogens with two attached hydrogens (primary N) is 1. The molecule has 0 aliphatic heterocycles. The van der Waals surface area contributed by atoms with Gasteiger partial charge in [-0.15, -0.1) is 0 Å². The van der Waals surface area contributed by atoms with E-state index >= 15 is 0 Å². The third-order valence-electron chi connectivity index (χ3n) is 2.95. The van der Waals surface area contributed by atoms with Crippen molar-refractivity contribution in [2.24, 2.45) is 11.7 Å². The van der Waals surface area contributed by atoms with E-state index in [0.717, 1.165) is 32.1 Å². The standard InChI is InChI=1S/C12H23NO3/c1-11(2,3)16-10(14)12(13,15)9-7-5-4-6-8-9/h9,15H,4-8,13H2,1-3H3. The smallest absolute Gasteiger partial charge is 0.354 e. The molecule has 1 aliphatic carbocycles. The molecule has 1 fully saturated rings. The number of rotatable bonds is 2. The molecule has 4 nitrogen and oxygen atoms in total. The van der Waals surface area contributed by atoms with Crippen molar-refractivity contribution in [1.29, 1.82) is 0 Å². The summed E-state index contributed by atoms with van der Waals surface area (Å²) in [7, 11) is 0. The lowest BCUT2D eigenvalue weighted by molar-refractivity contribution is -0.184. The predicted molar refractivity (Wildman–Crippen MR) is 61.6 cm³/mol. The van der Waals surface area contributed by atoms with Crippen LogP contribution >= 0.6 is 0 Å². The zero-order valence-corrected chi connectivity index (χ0v) is 10.5. The van der Waals surface area contributed by atoms with Crippen LogP contribution in [0.1, 0.15) is 52.9 Å². The molecular weight excluding hydrogens is 206 g/mol. The van der Waals surface area contributed by atoms with Crippen molar-refractivity contribution in [2.75, 3.05) is 0 Å². The largest absolute Gasteiger partial charge is 0.457 e. The molecule has 0 bridgehead atoms. The number of aliphatic hydroxyl groups is 1. The van der Waals surface area contributed by atoms with Crippen LogP contribution in [0.15, 0.2) is 0 Å². The zero-order valence-electron chi connectivity index (χ0n) is 10.5. The number of esters is 1. The Hall–Kier alpha value is -0.610. The molecule has 3 N–H and O–H groups in total. The number of carbonyl (C=O) groups excluding carboxylic acids is 1. The van der Waals surface area contributed by atoms with Crippen LogP contribution in [-0.2, 0) is 9.53 Å². The van der Waals surface area contributed by atoms with Crippen LogP contribution in [0, 0.1) is 5.92 Å². The normalized spacial score (nSPS) is 22.6. The van der Waals surface area contributed by atoms with Crippen molar-refractivity contribution in [3.8, 4) is 0 Å². The summed E-state index contributed by atoms with van der Waals surface area (Å²) in [6.07, 6.45) is 4.79. The van der Waals surface area contributed by atoms with E-state index in [1.807, 2.05) is 0 Å². The quantitative estimate of drug-likeness (QED) is 0.556. The molecular formula is C12H23NO3. The summed E-state index contributed by atoms with van der Waals surface area (Å²) < 4.78 is 5.14. The third kappa shape index (κ3) is 3.46. The van der Waals surface area contributed by atoms with Crippen LogP contribution in [0.3, 0.4) is 0 Å². The average Bonchev–Trinajstić information content (AvgIpc) is 2.16. The van der Waals surface area contributed by atoms with Crippen LogP contribution in [-0.4, -0.2) is 22.4 Å². The highest BCUT2D eigenvalue weighted by Gasteiger charge is 2.43. The van der Waals surface area contributed by atoms with Gasteiger partial charge in [0.25, 0.3) is 0 Å². The summed E-state index contributed by atoms with van der Waals surface area (Å²) in [4.78, 5) is 11.8. The molecule has 1 aliphatic rings. The first kappa shape index (κ1) is 13.5. The van der Waals surface area contributed by atoms with Crippen molar-refractivity contribution in [2.45, 2.75) is 64.2 Å². The summed E-state index contributed by atoms with van der Waals surface area (Å²) in [6, 6.07) is 0. The summed E-state index contributed by atoms with van der Waals surface area (Å²) in [5, 5.41) is 10.1. The topological polar surface area (TPSA) is 72.5 Å². The maximum atomic E-state index is 11.8. The maximum absolute atomic E-state index is 11.8. The van der Waals surface area contributed by atoms with E-state index in [2.05, 4.69) is 0 Å². The van der Waals surface area contributed by atoms with Crippen LogP contribution in [0.5, 0.6) is 0 Å². The molecule has 0 amide bonds. The summed E-state index contributed by atoms with van der Waals surface area (Å²) >= 11 is 0. The summed E-state index contributed by atoms with van der Waals surface area (Å²) in [5.74, 6) is -0.872. The van der Waals surface area contributed by atoms with E-state index in [9.17, 15) is 9.90 Å². The van der Waals surface area contributed by atoms with Crippen molar-refractivity contribution in [3.05, 3.63) is 0 Å². The first-order chi connectivity index (χ1) is 7.23. The Labute approximate surface area is 97.2 Å². The monoisotopic (exact) mass is 229 g/mol. The van der Waals surface area contributed by atoms with Gasteiger partial charge in [0, 0.05) is 5.92 Å². The zero-order chi connectivity index (χ0) is 12.4. The molecule has 0 radical (unpaired) electrons. The molecule has 0 aromatic carbocycles. The second-order valence-electron chi connectivity index (χ2n) is 5.66. The minimum Gasteiger partial charge on any atom is -0.457 e. The van der Waals surface area contributed by atoms with Gasteiger partial charge in [0.15, 0.2) is 0 Å². The minimum atomic E-state index is -1.83. The van der Waals surface area contributed by atoms with Crippen LogP contribution in [0.2, 0.25) is 0 Å². The van der Waals surface area contributed by atoms with E-state index in [1.54, 1.807) is 20.8 Å². The van der Waals surface area contributed by atoms with Gasteiger partial charge in [-0.2, -0.15) is 0 Å². The number of hydrogen-bond donors (Lipinski definition) is 2. The van der Waals surface area contributed by atoms with Gasteiger partial charge in [-0.25, -0.2) is 4.79 Å². The Kier molecular flexibility index (Phi) is 3.97. The van der Waals surface area contributed by atoms with Crippen molar-refractivity contribution >= 4 is 5.97 Å². The van der Waals surface area contributed by atoms with Gasteiger partial charge in [-0.05, 0) is 33.6 Å². The number of carbonyl (C=O) groups is 1.